The molecule has 0 spiro atoms. The minimum atomic E-state index is -0.688. The number of carbonyl (C=O) groups is 1. The summed E-state index contributed by atoms with van der Waals surface area (Å²) >= 11 is 2.52. The van der Waals surface area contributed by atoms with Crippen molar-refractivity contribution < 1.29 is 13.9 Å². The molecule has 0 bridgehead atoms. The van der Waals surface area contributed by atoms with Crippen molar-refractivity contribution in [2.75, 3.05) is 47.3 Å². The number of aliphatic imine (C=N–C) groups is 1. The Morgan fingerprint density at radius 1 is 1.40 bits per heavy atom. The Morgan fingerprint density at radius 2 is 2.20 bits per heavy atom. The molecule has 2 aliphatic heterocycles. The van der Waals surface area contributed by atoms with Gasteiger partial charge in [-0.3, -0.25) is 15.4 Å². The molecule has 10 heteroatoms. The minimum Gasteiger partial charge on any atom is -0.347 e. The Balaban J connectivity index is 1.60. The van der Waals surface area contributed by atoms with Crippen molar-refractivity contribution >= 4 is 41.1 Å². The van der Waals surface area contributed by atoms with Crippen LogP contribution < -0.4 is 10.6 Å². The number of likely N-dealkylation sites (N-methyl/N-ethyl adjacent to an activating group) is 2. The maximum atomic E-state index is 13.4. The van der Waals surface area contributed by atoms with E-state index >= 15 is 0 Å². The van der Waals surface area contributed by atoms with Crippen LogP contribution in [-0.4, -0.2) is 108 Å². The van der Waals surface area contributed by atoms with Gasteiger partial charge < -0.3 is 9.80 Å². The third kappa shape index (κ3) is 8.24. The van der Waals surface area contributed by atoms with Crippen LogP contribution in [-0.2, 0) is 4.79 Å². The van der Waals surface area contributed by atoms with Gasteiger partial charge in [-0.1, -0.05) is 48.1 Å². The summed E-state index contributed by atoms with van der Waals surface area (Å²) in [5.41, 5.74) is 2.23. The number of likely N-dealkylation sites (tertiary alicyclic amines) is 1. The van der Waals surface area contributed by atoms with Gasteiger partial charge in [-0.25, -0.2) is 9.38 Å². The smallest absolute Gasteiger partial charge is 0.210 e. The number of hydrazone groups is 1. The summed E-state index contributed by atoms with van der Waals surface area (Å²) in [6.07, 6.45) is 10.8. The predicted octanol–water partition coefficient (Wildman–Crippen LogP) is 2.52. The van der Waals surface area contributed by atoms with E-state index in [1.807, 2.05) is 38.1 Å². The molecular weight excluding hydrogens is 560 g/mol. The molecule has 0 aromatic heterocycles. The van der Waals surface area contributed by atoms with Crippen molar-refractivity contribution in [1.82, 2.24) is 25.4 Å². The molecule has 1 fully saturated rings. The van der Waals surface area contributed by atoms with Gasteiger partial charge in [0.2, 0.25) is 6.41 Å². The molecule has 0 saturated carbocycles. The number of nitrogens with zero attached hydrogens (tertiary/aromatic N) is 5. The molecule has 8 nitrogen and oxygen atoms in total. The first kappa shape index (κ1) is 28.0. The van der Waals surface area contributed by atoms with E-state index in [1.54, 1.807) is 4.90 Å². The second-order valence-electron chi connectivity index (χ2n) is 9.85. The van der Waals surface area contributed by atoms with E-state index in [-0.39, 0.29) is 12.3 Å². The van der Waals surface area contributed by atoms with Gasteiger partial charge in [0.1, 0.15) is 18.0 Å². The fourth-order valence-electron chi connectivity index (χ4n) is 4.73. The van der Waals surface area contributed by atoms with Crippen LogP contribution in [0.2, 0.25) is 0 Å². The highest BCUT2D eigenvalue weighted by molar-refractivity contribution is 14.1. The molecule has 196 valence electrons. The molecule has 1 saturated heterocycles. The van der Waals surface area contributed by atoms with Gasteiger partial charge >= 0.3 is 0 Å². The van der Waals surface area contributed by atoms with E-state index in [4.69, 9.17) is 4.99 Å². The van der Waals surface area contributed by atoms with E-state index in [0.29, 0.717) is 30.0 Å². The average molecular weight is 603 g/mol. The fourth-order valence-corrected chi connectivity index (χ4v) is 5.73. The molecule has 1 amide bonds. The Hall–Kier alpha value is -1.53. The van der Waals surface area contributed by atoms with Crippen LogP contribution in [0.1, 0.15) is 44.9 Å². The lowest BCUT2D eigenvalue weighted by atomic mass is 9.98. The van der Waals surface area contributed by atoms with Gasteiger partial charge in [-0.05, 0) is 37.7 Å². The number of halogens is 2. The van der Waals surface area contributed by atoms with Crippen LogP contribution >= 0.6 is 22.6 Å². The number of amidine groups is 1. The number of amides is 1. The predicted molar refractivity (Wildman–Crippen MR) is 149 cm³/mol. The number of alkyl halides is 2. The first-order valence-corrected chi connectivity index (χ1v) is 13.9. The van der Waals surface area contributed by atoms with E-state index in [2.05, 4.69) is 49.7 Å². The minimum absolute atomic E-state index is 0.0720. The highest BCUT2D eigenvalue weighted by Gasteiger charge is 2.33. The topological polar surface area (TPSA) is 66.2 Å². The molecule has 4 atom stereocenters. The van der Waals surface area contributed by atoms with Gasteiger partial charge in [0.25, 0.3) is 0 Å². The zero-order valence-corrected chi connectivity index (χ0v) is 23.6. The number of hydrazine groups is 1. The zero-order chi connectivity index (χ0) is 25.4. The van der Waals surface area contributed by atoms with Crippen LogP contribution in [0, 0.1) is 0 Å². The van der Waals surface area contributed by atoms with E-state index in [1.165, 1.54) is 18.4 Å². The van der Waals surface area contributed by atoms with Crippen LogP contribution in [0.4, 0.5) is 4.39 Å². The molecule has 2 heterocycles. The van der Waals surface area contributed by atoms with Crippen LogP contribution in [0.3, 0.4) is 0 Å². The summed E-state index contributed by atoms with van der Waals surface area (Å²) in [7, 11) is 5.86. The summed E-state index contributed by atoms with van der Waals surface area (Å²) in [4.78, 5) is 20.7. The van der Waals surface area contributed by atoms with Crippen molar-refractivity contribution in [2.24, 2.45) is 4.99 Å². The Morgan fingerprint density at radius 3 is 2.91 bits per heavy atom. The summed E-state index contributed by atoms with van der Waals surface area (Å²) in [6.45, 7) is 7.21. The Kier molecular flexibility index (Phi) is 11.0. The number of nitrogens with one attached hydrogen (secondary N) is 2. The van der Waals surface area contributed by atoms with Gasteiger partial charge in [-0.2, -0.15) is 5.01 Å². The third-order valence-electron chi connectivity index (χ3n) is 7.00. The quantitative estimate of drug-likeness (QED) is 0.0621. The number of allylic oxidation sites excluding steroid dienone is 1. The molecule has 3 unspecified atom stereocenters. The normalized spacial score (nSPS) is 28.0. The fraction of sp³-hybridized carbons (Fsp3) is 0.720. The van der Waals surface area contributed by atoms with E-state index in [9.17, 15) is 9.18 Å². The summed E-state index contributed by atoms with van der Waals surface area (Å²) in [5, 5.41) is 9.01. The maximum Gasteiger partial charge on any atom is 0.210 e. The number of carbonyl (C=O) groups excluding carboxylic acids is 1. The van der Waals surface area contributed by atoms with Gasteiger partial charge in [0.05, 0.1) is 17.6 Å². The van der Waals surface area contributed by atoms with Gasteiger partial charge in [0, 0.05) is 32.3 Å². The summed E-state index contributed by atoms with van der Waals surface area (Å²) in [5.74, 6) is 0.986. The Labute approximate surface area is 223 Å². The van der Waals surface area contributed by atoms with Crippen molar-refractivity contribution in [3.8, 4) is 0 Å². The molecule has 0 aromatic carbocycles. The van der Waals surface area contributed by atoms with Gasteiger partial charge in [-0.15, -0.1) is 4.68 Å². The van der Waals surface area contributed by atoms with E-state index in [0.717, 1.165) is 50.2 Å². The molecule has 2 N–H and O–H groups in total. The van der Waals surface area contributed by atoms with E-state index < -0.39 is 6.17 Å². The number of hydrogen-bond acceptors (Lipinski definition) is 6. The lowest BCUT2D eigenvalue weighted by Gasteiger charge is -2.40. The molecule has 3 aliphatic rings. The summed E-state index contributed by atoms with van der Waals surface area (Å²) in [6, 6.07) is -0.0720. The first-order chi connectivity index (χ1) is 16.8. The number of rotatable bonds is 9. The Bertz CT molecular complexity index is 833. The second-order valence-corrected chi connectivity index (χ2v) is 11.3. The molecule has 35 heavy (non-hydrogen) atoms. The standard InChI is InChI=1S/C25H42FIN7O/c1-19(16-32(3)33(4)17-20-9-11-21(26)12-10-20)14-28-25-29-15-22(31(2)18-35)24(30-25)34-13-7-5-6-8-23(34)27/h9,16,18,21-23,25,28-29H,1,5-8,10-15,17H2,2-4H3/q+1/b32-16+/t21-,22?,23?,25?/m1/s1. The summed E-state index contributed by atoms with van der Waals surface area (Å²) < 4.78 is 15.8. The zero-order valence-electron chi connectivity index (χ0n) is 21.4. The lowest BCUT2D eigenvalue weighted by molar-refractivity contribution is -0.656. The average Bonchev–Trinajstić information content (AvgIpc) is 3.07. The van der Waals surface area contributed by atoms with Crippen molar-refractivity contribution in [3.05, 3.63) is 23.8 Å². The molecule has 3 rings (SSSR count). The van der Waals surface area contributed by atoms with Crippen molar-refractivity contribution in [3.63, 3.8) is 0 Å². The van der Waals surface area contributed by atoms with Gasteiger partial charge in [0.15, 0.2) is 19.6 Å². The van der Waals surface area contributed by atoms with Crippen molar-refractivity contribution in [1.29, 1.82) is 0 Å². The molecule has 0 aromatic rings. The monoisotopic (exact) mass is 602 g/mol. The number of hydrogen-bond donors (Lipinski definition) is 2. The highest BCUT2D eigenvalue weighted by Crippen LogP contribution is 2.25. The van der Waals surface area contributed by atoms with Crippen LogP contribution in [0.25, 0.3) is 0 Å². The largest absolute Gasteiger partial charge is 0.347 e. The SMILES string of the molecule is C=C(/C=[N+](\C)N(C)CC1=CC[C@@H](F)CC1)CNC1N=C(N2CCCCCC2I)C(N(C)C=O)CN1. The lowest BCUT2D eigenvalue weighted by Crippen LogP contribution is -2.60. The first-order valence-electron chi connectivity index (χ1n) is 12.7. The molecular formula is C25H42FIN7O+. The van der Waals surface area contributed by atoms with Crippen LogP contribution in [0.5, 0.6) is 0 Å². The maximum absolute atomic E-state index is 13.4. The molecule has 0 radical (unpaired) electrons. The second kappa shape index (κ2) is 13.7. The van der Waals surface area contributed by atoms with Crippen molar-refractivity contribution in [2.45, 2.75) is 67.5 Å². The molecule has 1 aliphatic carbocycles. The third-order valence-corrected chi connectivity index (χ3v) is 8.29. The van der Waals surface area contributed by atoms with Crippen LogP contribution in [0.15, 0.2) is 28.8 Å². The highest BCUT2D eigenvalue weighted by atomic mass is 127.